The topological polar surface area (TPSA) is 65.4 Å². The quantitative estimate of drug-likeness (QED) is 0.319. The monoisotopic (exact) mass is 483 g/mol. The van der Waals surface area contributed by atoms with E-state index in [0.717, 1.165) is 45.1 Å². The van der Waals surface area contributed by atoms with Crippen LogP contribution in [0.25, 0.3) is 0 Å². The minimum absolute atomic E-state index is 0.202. The predicted molar refractivity (Wildman–Crippen MR) is 143 cm³/mol. The second-order valence-electron chi connectivity index (χ2n) is 9.23. The number of carbonyl (C=O) groups excluding carboxylic acids is 1. The Balaban J connectivity index is 1.52. The predicted octanol–water partition coefficient (Wildman–Crippen LogP) is 6.31. The molecule has 4 rings (SSSR count). The number of ether oxygens (including phenoxy) is 2. The molecule has 0 unspecified atom stereocenters. The summed E-state index contributed by atoms with van der Waals surface area (Å²) in [5.74, 6) is 1.29. The number of aryl methyl sites for hydroxylation is 4. The highest BCUT2D eigenvalue weighted by molar-refractivity contribution is 6.05. The summed E-state index contributed by atoms with van der Waals surface area (Å²) in [7, 11) is 1.62. The first-order chi connectivity index (χ1) is 17.2. The van der Waals surface area contributed by atoms with Gasteiger partial charge in [-0.05, 0) is 75.6 Å². The van der Waals surface area contributed by atoms with Crippen molar-refractivity contribution in [3.05, 3.63) is 105 Å². The maximum atomic E-state index is 13.2. The normalized spacial score (nSPS) is 10.8. The lowest BCUT2D eigenvalue weighted by Gasteiger charge is -2.14. The van der Waals surface area contributed by atoms with Crippen LogP contribution in [-0.2, 0) is 13.2 Å². The van der Waals surface area contributed by atoms with Crippen LogP contribution in [0.5, 0.6) is 11.5 Å². The van der Waals surface area contributed by atoms with E-state index < -0.39 is 0 Å². The number of hydrogen-bond donors (Lipinski definition) is 1. The van der Waals surface area contributed by atoms with Crippen molar-refractivity contribution in [1.82, 2.24) is 9.78 Å². The SMILES string of the molecule is COc1ccc(C(=O)Nc2c(C)nn(Cc3ccc(C)cc3)c2C)cc1COc1cc(C)ccc1C. The van der Waals surface area contributed by atoms with Crippen molar-refractivity contribution in [3.8, 4) is 11.5 Å². The summed E-state index contributed by atoms with van der Waals surface area (Å²) in [6, 6.07) is 19.9. The van der Waals surface area contributed by atoms with Gasteiger partial charge in [0.2, 0.25) is 0 Å². The minimum atomic E-state index is -0.202. The summed E-state index contributed by atoms with van der Waals surface area (Å²) in [5, 5.41) is 7.72. The highest BCUT2D eigenvalue weighted by Gasteiger charge is 2.17. The zero-order valence-corrected chi connectivity index (χ0v) is 21.8. The first-order valence-corrected chi connectivity index (χ1v) is 12.0. The second-order valence-corrected chi connectivity index (χ2v) is 9.23. The number of nitrogens with one attached hydrogen (secondary N) is 1. The van der Waals surface area contributed by atoms with Crippen LogP contribution >= 0.6 is 0 Å². The number of carbonyl (C=O) groups is 1. The molecule has 6 heteroatoms. The van der Waals surface area contributed by atoms with Gasteiger partial charge in [0.15, 0.2) is 0 Å². The highest BCUT2D eigenvalue weighted by Crippen LogP contribution is 2.26. The van der Waals surface area contributed by atoms with Gasteiger partial charge in [-0.2, -0.15) is 5.10 Å². The molecule has 1 amide bonds. The fourth-order valence-electron chi connectivity index (χ4n) is 4.13. The average molecular weight is 484 g/mol. The van der Waals surface area contributed by atoms with Crippen LogP contribution in [-0.4, -0.2) is 22.8 Å². The summed E-state index contributed by atoms with van der Waals surface area (Å²) in [6.07, 6.45) is 0. The van der Waals surface area contributed by atoms with Gasteiger partial charge in [0, 0.05) is 11.1 Å². The molecule has 36 heavy (non-hydrogen) atoms. The Morgan fingerprint density at radius 3 is 2.33 bits per heavy atom. The van der Waals surface area contributed by atoms with Gasteiger partial charge in [-0.25, -0.2) is 0 Å². The van der Waals surface area contributed by atoms with Crippen LogP contribution in [0.3, 0.4) is 0 Å². The van der Waals surface area contributed by atoms with E-state index in [9.17, 15) is 4.79 Å². The van der Waals surface area contributed by atoms with Crippen LogP contribution < -0.4 is 14.8 Å². The van der Waals surface area contributed by atoms with Crippen molar-refractivity contribution in [1.29, 1.82) is 0 Å². The average Bonchev–Trinajstić information content (AvgIpc) is 3.12. The molecular formula is C30H33N3O3. The zero-order valence-electron chi connectivity index (χ0n) is 21.8. The van der Waals surface area contributed by atoms with Gasteiger partial charge in [0.1, 0.15) is 18.1 Å². The lowest BCUT2D eigenvalue weighted by molar-refractivity contribution is 0.102. The molecule has 186 valence electrons. The van der Waals surface area contributed by atoms with E-state index in [1.807, 2.05) is 50.6 Å². The summed E-state index contributed by atoms with van der Waals surface area (Å²) in [5.41, 5.74) is 8.32. The van der Waals surface area contributed by atoms with E-state index in [0.29, 0.717) is 24.5 Å². The van der Waals surface area contributed by atoms with Gasteiger partial charge in [-0.3, -0.25) is 9.48 Å². The van der Waals surface area contributed by atoms with E-state index in [1.165, 1.54) is 5.56 Å². The molecule has 0 spiro atoms. The summed E-state index contributed by atoms with van der Waals surface area (Å²) >= 11 is 0. The minimum Gasteiger partial charge on any atom is -0.496 e. The first-order valence-electron chi connectivity index (χ1n) is 12.0. The molecule has 0 aliphatic carbocycles. The van der Waals surface area contributed by atoms with E-state index >= 15 is 0 Å². The Bertz CT molecular complexity index is 1390. The lowest BCUT2D eigenvalue weighted by Crippen LogP contribution is -2.14. The van der Waals surface area contributed by atoms with Gasteiger partial charge in [-0.1, -0.05) is 42.0 Å². The van der Waals surface area contributed by atoms with Gasteiger partial charge in [-0.15, -0.1) is 0 Å². The Labute approximate surface area is 212 Å². The number of benzene rings is 3. The molecule has 1 heterocycles. The van der Waals surface area contributed by atoms with Crippen LogP contribution in [0.4, 0.5) is 5.69 Å². The molecule has 0 saturated carbocycles. The summed E-state index contributed by atoms with van der Waals surface area (Å²) < 4.78 is 13.5. The van der Waals surface area contributed by atoms with Gasteiger partial charge >= 0.3 is 0 Å². The Kier molecular flexibility index (Phi) is 7.44. The standard InChI is InChI=1S/C30H33N3O3/c1-19-8-11-24(12-9-19)17-33-23(5)29(22(4)32-33)31-30(34)25-13-14-27(35-6)26(16-25)18-36-28-15-20(2)7-10-21(28)3/h7-16H,17-18H2,1-6H3,(H,31,34). The van der Waals surface area contributed by atoms with E-state index in [4.69, 9.17) is 9.47 Å². The number of nitrogens with zero attached hydrogens (tertiary/aromatic N) is 2. The van der Waals surface area contributed by atoms with Gasteiger partial charge in [0.25, 0.3) is 5.91 Å². The fraction of sp³-hybridized carbons (Fsp3) is 0.267. The van der Waals surface area contributed by atoms with Crippen molar-refractivity contribution in [2.75, 3.05) is 12.4 Å². The largest absolute Gasteiger partial charge is 0.496 e. The van der Waals surface area contributed by atoms with Gasteiger partial charge < -0.3 is 14.8 Å². The van der Waals surface area contributed by atoms with Crippen molar-refractivity contribution in [3.63, 3.8) is 0 Å². The van der Waals surface area contributed by atoms with Crippen molar-refractivity contribution < 1.29 is 14.3 Å². The highest BCUT2D eigenvalue weighted by atomic mass is 16.5. The third-order valence-corrected chi connectivity index (χ3v) is 6.34. The number of amides is 1. The molecular weight excluding hydrogens is 450 g/mol. The Hall–Kier alpha value is -4.06. The molecule has 1 aromatic heterocycles. The molecule has 0 atom stereocenters. The smallest absolute Gasteiger partial charge is 0.255 e. The molecule has 0 radical (unpaired) electrons. The van der Waals surface area contributed by atoms with Crippen LogP contribution in [0.15, 0.2) is 60.7 Å². The Morgan fingerprint density at radius 1 is 0.889 bits per heavy atom. The van der Waals surface area contributed by atoms with Crippen molar-refractivity contribution in [2.45, 2.75) is 47.8 Å². The molecule has 0 saturated heterocycles. The molecule has 3 aromatic carbocycles. The van der Waals surface area contributed by atoms with E-state index in [1.54, 1.807) is 19.2 Å². The third-order valence-electron chi connectivity index (χ3n) is 6.34. The number of aromatic nitrogens is 2. The third kappa shape index (κ3) is 5.60. The zero-order chi connectivity index (χ0) is 25.8. The summed E-state index contributed by atoms with van der Waals surface area (Å²) in [4.78, 5) is 13.2. The molecule has 0 fully saturated rings. The molecule has 4 aromatic rings. The van der Waals surface area contributed by atoms with Crippen LogP contribution in [0.2, 0.25) is 0 Å². The summed E-state index contributed by atoms with van der Waals surface area (Å²) in [6.45, 7) is 10.9. The van der Waals surface area contributed by atoms with Crippen molar-refractivity contribution in [2.24, 2.45) is 0 Å². The lowest BCUT2D eigenvalue weighted by atomic mass is 10.1. The molecule has 0 aliphatic rings. The van der Waals surface area contributed by atoms with Crippen LogP contribution in [0.1, 0.15) is 49.6 Å². The van der Waals surface area contributed by atoms with E-state index in [-0.39, 0.29) is 5.91 Å². The Morgan fingerprint density at radius 2 is 1.61 bits per heavy atom. The van der Waals surface area contributed by atoms with E-state index in [2.05, 4.69) is 47.7 Å². The molecule has 1 N–H and O–H groups in total. The fourth-order valence-corrected chi connectivity index (χ4v) is 4.13. The van der Waals surface area contributed by atoms with Gasteiger partial charge in [0.05, 0.1) is 30.7 Å². The number of hydrogen-bond acceptors (Lipinski definition) is 4. The second kappa shape index (κ2) is 10.7. The maximum Gasteiger partial charge on any atom is 0.255 e. The first kappa shape index (κ1) is 25.0. The number of rotatable bonds is 8. The maximum absolute atomic E-state index is 13.2. The number of methoxy groups -OCH3 is 1. The van der Waals surface area contributed by atoms with Crippen LogP contribution in [0, 0.1) is 34.6 Å². The number of anilines is 1. The molecule has 0 aliphatic heterocycles. The molecule has 0 bridgehead atoms. The molecule has 6 nitrogen and oxygen atoms in total. The van der Waals surface area contributed by atoms with Crippen molar-refractivity contribution >= 4 is 11.6 Å².